The van der Waals surface area contributed by atoms with E-state index in [-0.39, 0.29) is 24.5 Å². The molecule has 308 valence electrons. The zero-order valence-electron chi connectivity index (χ0n) is 33.4. The molecular formula is C50H43Cl2N3O6. The third kappa shape index (κ3) is 9.53. The predicted molar refractivity (Wildman–Crippen MR) is 235 cm³/mol. The molecule has 0 saturated heterocycles. The van der Waals surface area contributed by atoms with Gasteiger partial charge in [-0.25, -0.2) is 4.79 Å². The SMILES string of the molecule is CC[C@@H](c1ccccc1)N1Cc2cc3c(cc2C[C@H]1C(=O)NC(Cc1ccc(-c2ccc(C#N)cc2)cc1)C(=O)O)OC[C@@H](c1ccc(OCc2ccc(Cl)c(Cl)c2)cc1)O3. The Morgan fingerprint density at radius 2 is 1.54 bits per heavy atom. The molecule has 4 atom stereocenters. The van der Waals surface area contributed by atoms with Crippen LogP contribution in [0.1, 0.15) is 64.4 Å². The van der Waals surface area contributed by atoms with Gasteiger partial charge in [0.25, 0.3) is 0 Å². The number of nitriles is 1. The highest BCUT2D eigenvalue weighted by atomic mass is 35.5. The molecule has 9 nitrogen and oxygen atoms in total. The molecule has 0 bridgehead atoms. The lowest BCUT2D eigenvalue weighted by atomic mass is 9.89. The molecule has 2 heterocycles. The third-order valence-corrected chi connectivity index (χ3v) is 12.1. The lowest BCUT2D eigenvalue weighted by molar-refractivity contribution is -0.143. The molecule has 6 aromatic carbocycles. The number of nitrogens with zero attached hydrogens (tertiary/aromatic N) is 2. The Morgan fingerprint density at radius 1 is 0.852 bits per heavy atom. The number of rotatable bonds is 13. The maximum atomic E-state index is 14.4. The van der Waals surface area contributed by atoms with Crippen LogP contribution in [0.5, 0.6) is 17.2 Å². The summed E-state index contributed by atoms with van der Waals surface area (Å²) in [5, 5.41) is 23.4. The fourth-order valence-electron chi connectivity index (χ4n) is 8.09. The molecule has 8 rings (SSSR count). The van der Waals surface area contributed by atoms with Gasteiger partial charge < -0.3 is 24.6 Å². The smallest absolute Gasteiger partial charge is 0.326 e. The van der Waals surface area contributed by atoms with Gasteiger partial charge in [0.05, 0.1) is 27.7 Å². The van der Waals surface area contributed by atoms with Gasteiger partial charge in [-0.05, 0) is 106 Å². The second kappa shape index (κ2) is 18.5. The zero-order valence-corrected chi connectivity index (χ0v) is 34.9. The number of fused-ring (bicyclic) bond motifs is 2. The number of carbonyl (C=O) groups is 2. The van der Waals surface area contributed by atoms with E-state index in [4.69, 9.17) is 42.7 Å². The average molecular weight is 853 g/mol. The van der Waals surface area contributed by atoms with E-state index in [1.54, 1.807) is 24.3 Å². The summed E-state index contributed by atoms with van der Waals surface area (Å²) in [6, 6.07) is 42.3. The molecular weight excluding hydrogens is 809 g/mol. The molecule has 2 aliphatic rings. The van der Waals surface area contributed by atoms with Crippen molar-refractivity contribution in [3.8, 4) is 34.4 Å². The van der Waals surface area contributed by atoms with Gasteiger partial charge in [0.1, 0.15) is 25.0 Å². The first kappa shape index (κ1) is 41.4. The van der Waals surface area contributed by atoms with Crippen molar-refractivity contribution < 1.29 is 28.9 Å². The number of benzene rings is 6. The molecule has 0 radical (unpaired) electrons. The van der Waals surface area contributed by atoms with Crippen molar-refractivity contribution in [1.29, 1.82) is 5.26 Å². The summed E-state index contributed by atoms with van der Waals surface area (Å²) in [4.78, 5) is 29.3. The first-order valence-corrected chi connectivity index (χ1v) is 21.0. The summed E-state index contributed by atoms with van der Waals surface area (Å²) in [5.74, 6) is 0.477. The van der Waals surface area contributed by atoms with Crippen LogP contribution in [0.15, 0.2) is 133 Å². The van der Waals surface area contributed by atoms with E-state index in [0.29, 0.717) is 59.0 Å². The Hall–Kier alpha value is -6.31. The van der Waals surface area contributed by atoms with E-state index >= 15 is 0 Å². The predicted octanol–water partition coefficient (Wildman–Crippen LogP) is 10.3. The van der Waals surface area contributed by atoms with Gasteiger partial charge in [-0.2, -0.15) is 5.26 Å². The summed E-state index contributed by atoms with van der Waals surface area (Å²) in [5.41, 5.74) is 8.13. The number of carboxylic acids is 1. The van der Waals surface area contributed by atoms with E-state index in [0.717, 1.165) is 50.9 Å². The van der Waals surface area contributed by atoms with Crippen LogP contribution in [0.3, 0.4) is 0 Å². The second-order valence-corrected chi connectivity index (χ2v) is 16.1. The minimum atomic E-state index is -1.14. The van der Waals surface area contributed by atoms with Crippen LogP contribution in [-0.2, 0) is 35.6 Å². The lowest BCUT2D eigenvalue weighted by Gasteiger charge is -2.42. The van der Waals surface area contributed by atoms with Crippen molar-refractivity contribution in [3.05, 3.63) is 182 Å². The first-order valence-electron chi connectivity index (χ1n) is 20.2. The normalized spacial score (nSPS) is 16.7. The van der Waals surface area contributed by atoms with Crippen LogP contribution >= 0.6 is 23.2 Å². The van der Waals surface area contributed by atoms with Gasteiger partial charge in [-0.3, -0.25) is 9.69 Å². The van der Waals surface area contributed by atoms with Crippen molar-refractivity contribution in [2.75, 3.05) is 6.61 Å². The van der Waals surface area contributed by atoms with Crippen LogP contribution in [0.2, 0.25) is 10.0 Å². The summed E-state index contributed by atoms with van der Waals surface area (Å²) >= 11 is 12.2. The number of hydrogen-bond donors (Lipinski definition) is 2. The monoisotopic (exact) mass is 851 g/mol. The largest absolute Gasteiger partial charge is 0.489 e. The van der Waals surface area contributed by atoms with Crippen LogP contribution in [0.25, 0.3) is 11.1 Å². The minimum absolute atomic E-state index is 0.110. The lowest BCUT2D eigenvalue weighted by Crippen LogP contribution is -2.55. The van der Waals surface area contributed by atoms with Crippen LogP contribution in [-0.4, -0.2) is 40.6 Å². The molecule has 2 N–H and O–H groups in total. The standard InChI is InChI=1S/C50H43Cl2N3O6/c1-2-44(36-6-4-3-5-7-36)55-28-39-26-47-46(60-30-48(61-47)37-17-19-40(20-18-37)59-29-33-12-21-41(51)42(52)22-33)25-38(39)24-45(55)49(56)54-43(50(57)58)23-31-8-13-34(14-9-31)35-15-10-32(27-53)11-16-35/h3-22,25-26,43-45,48H,2,23-24,28-30H2,1H3,(H,54,56)(H,57,58)/t43?,44-,45-,48-/m0/s1. The number of hydrogen-bond acceptors (Lipinski definition) is 7. The van der Waals surface area contributed by atoms with Crippen molar-refractivity contribution in [2.45, 2.75) is 63.6 Å². The molecule has 61 heavy (non-hydrogen) atoms. The number of nitrogens with one attached hydrogen (secondary N) is 1. The van der Waals surface area contributed by atoms with E-state index in [2.05, 4.69) is 35.3 Å². The van der Waals surface area contributed by atoms with Crippen LogP contribution in [0.4, 0.5) is 0 Å². The molecule has 1 amide bonds. The van der Waals surface area contributed by atoms with Crippen molar-refractivity contribution in [2.24, 2.45) is 0 Å². The van der Waals surface area contributed by atoms with Crippen molar-refractivity contribution in [3.63, 3.8) is 0 Å². The van der Waals surface area contributed by atoms with Crippen molar-refractivity contribution in [1.82, 2.24) is 10.2 Å². The Kier molecular flexibility index (Phi) is 12.6. The average Bonchev–Trinajstić information content (AvgIpc) is 3.29. The molecule has 0 spiro atoms. The van der Waals surface area contributed by atoms with E-state index in [9.17, 15) is 14.7 Å². The highest BCUT2D eigenvalue weighted by Crippen LogP contribution is 2.42. The molecule has 6 aromatic rings. The number of amides is 1. The number of carboxylic acid groups (broad SMARTS) is 1. The topological polar surface area (TPSA) is 121 Å². The maximum Gasteiger partial charge on any atom is 0.326 e. The highest BCUT2D eigenvalue weighted by Gasteiger charge is 2.39. The number of halogens is 2. The molecule has 0 aromatic heterocycles. The van der Waals surface area contributed by atoms with E-state index in [1.165, 1.54) is 0 Å². The Labute approximate surface area is 365 Å². The van der Waals surface area contributed by atoms with Gasteiger partial charge >= 0.3 is 5.97 Å². The third-order valence-electron chi connectivity index (χ3n) is 11.4. The Morgan fingerprint density at radius 3 is 2.21 bits per heavy atom. The van der Waals surface area contributed by atoms with Crippen molar-refractivity contribution >= 4 is 35.1 Å². The van der Waals surface area contributed by atoms with Gasteiger partial charge in [0.15, 0.2) is 17.6 Å². The van der Waals surface area contributed by atoms with Gasteiger partial charge in [-0.1, -0.05) is 115 Å². The Bertz CT molecular complexity index is 2560. The number of carbonyl (C=O) groups excluding carboxylic acids is 1. The number of aliphatic carboxylic acids is 1. The van der Waals surface area contributed by atoms with E-state index in [1.807, 2.05) is 97.1 Å². The fourth-order valence-corrected chi connectivity index (χ4v) is 8.41. The summed E-state index contributed by atoms with van der Waals surface area (Å²) < 4.78 is 18.9. The molecule has 2 aliphatic heterocycles. The molecule has 0 aliphatic carbocycles. The maximum absolute atomic E-state index is 14.4. The molecule has 0 saturated carbocycles. The molecule has 11 heteroatoms. The zero-order chi connectivity index (χ0) is 42.5. The van der Waals surface area contributed by atoms with Gasteiger partial charge in [-0.15, -0.1) is 0 Å². The fraction of sp³-hybridized carbons (Fsp3) is 0.220. The molecule has 0 fully saturated rings. The van der Waals surface area contributed by atoms with Crippen LogP contribution in [0, 0.1) is 11.3 Å². The quantitative estimate of drug-likeness (QED) is 0.118. The van der Waals surface area contributed by atoms with Gasteiger partial charge in [0, 0.05) is 19.0 Å². The highest BCUT2D eigenvalue weighted by molar-refractivity contribution is 6.42. The Balaban J connectivity index is 0.987. The second-order valence-electron chi connectivity index (χ2n) is 15.3. The first-order chi connectivity index (χ1) is 29.6. The molecule has 1 unspecified atom stereocenters. The summed E-state index contributed by atoms with van der Waals surface area (Å²) in [6.45, 7) is 3.19. The van der Waals surface area contributed by atoms with E-state index < -0.39 is 18.1 Å². The van der Waals surface area contributed by atoms with Crippen LogP contribution < -0.4 is 19.5 Å². The summed E-state index contributed by atoms with van der Waals surface area (Å²) in [6.07, 6.45) is 0.861. The van der Waals surface area contributed by atoms with Gasteiger partial charge in [0.2, 0.25) is 5.91 Å². The summed E-state index contributed by atoms with van der Waals surface area (Å²) in [7, 11) is 0. The minimum Gasteiger partial charge on any atom is -0.489 e. The number of ether oxygens (including phenoxy) is 3.